The van der Waals surface area contributed by atoms with E-state index < -0.39 is 0 Å². The molecule has 2 unspecified atom stereocenters. The van der Waals surface area contributed by atoms with Crippen LogP contribution in [0.1, 0.15) is 59.4 Å². The average Bonchev–Trinajstić information content (AvgIpc) is 2.36. The first kappa shape index (κ1) is 16.9. The summed E-state index contributed by atoms with van der Waals surface area (Å²) in [7, 11) is 0. The third-order valence-corrected chi connectivity index (χ3v) is 5.45. The van der Waals surface area contributed by atoms with Crippen LogP contribution in [0.2, 0.25) is 0 Å². The van der Waals surface area contributed by atoms with Gasteiger partial charge in [0.25, 0.3) is 0 Å². The molecule has 0 bridgehead atoms. The Labute approximate surface area is 135 Å². The predicted octanol–water partition coefficient (Wildman–Crippen LogP) is 5.49. The van der Waals surface area contributed by atoms with Crippen molar-refractivity contribution in [2.75, 3.05) is 0 Å². The van der Waals surface area contributed by atoms with Crippen LogP contribution in [-0.2, 0) is 6.54 Å². The molecule has 0 heterocycles. The van der Waals surface area contributed by atoms with Gasteiger partial charge in [-0.1, -0.05) is 26.0 Å². The van der Waals surface area contributed by atoms with E-state index in [0.29, 0.717) is 0 Å². The normalized spacial score (nSPS) is 26.8. The summed E-state index contributed by atoms with van der Waals surface area (Å²) in [6.45, 7) is 12.4. The summed E-state index contributed by atoms with van der Waals surface area (Å²) in [5.41, 5.74) is 1.56. The number of hydrogen-bond acceptors (Lipinski definition) is 2. The van der Waals surface area contributed by atoms with Crippen molar-refractivity contribution in [3.8, 4) is 0 Å². The highest BCUT2D eigenvalue weighted by Gasteiger charge is 2.24. The molecule has 0 radical (unpaired) electrons. The van der Waals surface area contributed by atoms with Gasteiger partial charge < -0.3 is 5.32 Å². The predicted molar refractivity (Wildman–Crippen MR) is 94.9 cm³/mol. The fourth-order valence-electron chi connectivity index (χ4n) is 3.21. The third-order valence-electron chi connectivity index (χ3n) is 4.18. The van der Waals surface area contributed by atoms with E-state index in [9.17, 15) is 0 Å². The zero-order valence-corrected chi connectivity index (χ0v) is 15.1. The molecule has 1 aliphatic carbocycles. The van der Waals surface area contributed by atoms with Crippen molar-refractivity contribution in [1.29, 1.82) is 0 Å². The van der Waals surface area contributed by atoms with Crippen molar-refractivity contribution in [3.05, 3.63) is 29.8 Å². The fraction of sp³-hybridized carbons (Fsp3) is 0.684. The minimum atomic E-state index is 0.182. The second-order valence-corrected chi connectivity index (χ2v) is 9.28. The summed E-state index contributed by atoms with van der Waals surface area (Å²) in [4.78, 5) is 1.43. The standard InChI is InChI=1S/C19H31NS/c1-14-10-15(2)12-18(11-14)21-17-8-6-16(7-9-17)13-20-19(3,4)5/h6-9,14-15,18,20H,10-13H2,1-5H3. The molecule has 1 fully saturated rings. The van der Waals surface area contributed by atoms with Gasteiger partial charge in [-0.3, -0.25) is 0 Å². The lowest BCUT2D eigenvalue weighted by Gasteiger charge is -2.31. The highest BCUT2D eigenvalue weighted by molar-refractivity contribution is 8.00. The van der Waals surface area contributed by atoms with Gasteiger partial charge in [-0.2, -0.15) is 0 Å². The zero-order valence-electron chi connectivity index (χ0n) is 14.3. The summed E-state index contributed by atoms with van der Waals surface area (Å²) in [6, 6.07) is 9.15. The Morgan fingerprint density at radius 2 is 1.57 bits per heavy atom. The lowest BCUT2D eigenvalue weighted by atomic mass is 9.83. The smallest absolute Gasteiger partial charge is 0.0210 e. The van der Waals surface area contributed by atoms with Crippen molar-refractivity contribution in [1.82, 2.24) is 5.32 Å². The summed E-state index contributed by atoms with van der Waals surface area (Å²) in [6.07, 6.45) is 4.17. The molecule has 2 atom stereocenters. The number of hydrogen-bond donors (Lipinski definition) is 1. The molecule has 1 aromatic rings. The van der Waals surface area contributed by atoms with E-state index in [0.717, 1.165) is 23.6 Å². The van der Waals surface area contributed by atoms with Crippen LogP contribution in [0.25, 0.3) is 0 Å². The molecule has 1 nitrogen and oxygen atoms in total. The van der Waals surface area contributed by atoms with Gasteiger partial charge in [0, 0.05) is 22.2 Å². The molecule has 21 heavy (non-hydrogen) atoms. The molecule has 1 saturated carbocycles. The molecule has 0 aromatic heterocycles. The minimum Gasteiger partial charge on any atom is -0.308 e. The molecule has 0 amide bonds. The largest absolute Gasteiger partial charge is 0.308 e. The summed E-state index contributed by atoms with van der Waals surface area (Å²) < 4.78 is 0. The van der Waals surface area contributed by atoms with Crippen molar-refractivity contribution < 1.29 is 0 Å². The van der Waals surface area contributed by atoms with Crippen molar-refractivity contribution in [3.63, 3.8) is 0 Å². The van der Waals surface area contributed by atoms with Crippen LogP contribution in [0.3, 0.4) is 0 Å². The molecule has 0 saturated heterocycles. The van der Waals surface area contributed by atoms with Crippen LogP contribution in [0.15, 0.2) is 29.2 Å². The van der Waals surface area contributed by atoms with Crippen molar-refractivity contribution in [2.45, 2.75) is 76.1 Å². The van der Waals surface area contributed by atoms with Crippen molar-refractivity contribution >= 4 is 11.8 Å². The summed E-state index contributed by atoms with van der Waals surface area (Å²) in [5.74, 6) is 1.78. The zero-order chi connectivity index (χ0) is 15.5. The summed E-state index contributed by atoms with van der Waals surface area (Å²) in [5, 5.41) is 4.35. The van der Waals surface area contributed by atoms with E-state index in [2.05, 4.69) is 76.0 Å². The third kappa shape index (κ3) is 6.04. The van der Waals surface area contributed by atoms with E-state index in [1.807, 2.05) is 0 Å². The minimum absolute atomic E-state index is 0.182. The van der Waals surface area contributed by atoms with Crippen LogP contribution in [0.5, 0.6) is 0 Å². The SMILES string of the molecule is CC1CC(C)CC(Sc2ccc(CNC(C)(C)C)cc2)C1. The lowest BCUT2D eigenvalue weighted by Crippen LogP contribution is -2.35. The van der Waals surface area contributed by atoms with Gasteiger partial charge in [0.2, 0.25) is 0 Å². The van der Waals surface area contributed by atoms with E-state index in [4.69, 9.17) is 0 Å². The number of thioether (sulfide) groups is 1. The number of rotatable bonds is 4. The van der Waals surface area contributed by atoms with Gasteiger partial charge in [0.1, 0.15) is 0 Å². The monoisotopic (exact) mass is 305 g/mol. The average molecular weight is 306 g/mol. The Hall–Kier alpha value is -0.470. The van der Waals surface area contributed by atoms with Crippen LogP contribution < -0.4 is 5.32 Å². The molecule has 118 valence electrons. The van der Waals surface area contributed by atoms with E-state index >= 15 is 0 Å². The number of nitrogens with one attached hydrogen (secondary N) is 1. The van der Waals surface area contributed by atoms with E-state index in [1.165, 1.54) is 29.7 Å². The Balaban J connectivity index is 1.87. The molecule has 2 rings (SSSR count). The maximum Gasteiger partial charge on any atom is 0.0210 e. The van der Waals surface area contributed by atoms with Gasteiger partial charge in [0.05, 0.1) is 0 Å². The van der Waals surface area contributed by atoms with Crippen LogP contribution in [-0.4, -0.2) is 10.8 Å². The first-order valence-corrected chi connectivity index (χ1v) is 9.20. The van der Waals surface area contributed by atoms with Gasteiger partial charge in [-0.05, 0) is 69.6 Å². The molecule has 0 aliphatic heterocycles. The first-order valence-electron chi connectivity index (χ1n) is 8.32. The molecule has 1 N–H and O–H groups in total. The van der Waals surface area contributed by atoms with Crippen LogP contribution in [0, 0.1) is 11.8 Å². The lowest BCUT2D eigenvalue weighted by molar-refractivity contribution is 0.309. The Kier molecular flexibility index (Phi) is 5.79. The molecular formula is C19H31NS. The molecule has 1 aliphatic rings. The summed E-state index contributed by atoms with van der Waals surface area (Å²) >= 11 is 2.08. The molecule has 2 heteroatoms. The topological polar surface area (TPSA) is 12.0 Å². The Morgan fingerprint density at radius 3 is 2.10 bits per heavy atom. The molecule has 0 spiro atoms. The number of benzene rings is 1. The van der Waals surface area contributed by atoms with Gasteiger partial charge in [-0.25, -0.2) is 0 Å². The van der Waals surface area contributed by atoms with Crippen LogP contribution >= 0.6 is 11.8 Å². The maximum absolute atomic E-state index is 3.54. The highest BCUT2D eigenvalue weighted by Crippen LogP contribution is 2.38. The fourth-order valence-corrected chi connectivity index (χ4v) is 4.74. The Morgan fingerprint density at radius 1 is 1.00 bits per heavy atom. The quantitative estimate of drug-likeness (QED) is 0.789. The van der Waals surface area contributed by atoms with Crippen LogP contribution in [0.4, 0.5) is 0 Å². The Bertz CT molecular complexity index is 422. The van der Waals surface area contributed by atoms with Gasteiger partial charge in [-0.15, -0.1) is 11.8 Å². The second kappa shape index (κ2) is 7.19. The first-order chi connectivity index (χ1) is 9.82. The highest BCUT2D eigenvalue weighted by atomic mass is 32.2. The second-order valence-electron chi connectivity index (χ2n) is 7.90. The van der Waals surface area contributed by atoms with Gasteiger partial charge >= 0.3 is 0 Å². The molecule has 1 aromatic carbocycles. The molecular weight excluding hydrogens is 274 g/mol. The van der Waals surface area contributed by atoms with Crippen molar-refractivity contribution in [2.24, 2.45) is 11.8 Å². The maximum atomic E-state index is 3.54. The van der Waals surface area contributed by atoms with Gasteiger partial charge in [0.15, 0.2) is 0 Å². The van der Waals surface area contributed by atoms with E-state index in [-0.39, 0.29) is 5.54 Å². The van der Waals surface area contributed by atoms with E-state index in [1.54, 1.807) is 0 Å².